The van der Waals surface area contributed by atoms with E-state index >= 15 is 0 Å². The lowest BCUT2D eigenvalue weighted by molar-refractivity contribution is -0.221. The summed E-state index contributed by atoms with van der Waals surface area (Å²) in [6.07, 6.45) is 6.81. The molecule has 3 spiro atoms. The van der Waals surface area contributed by atoms with Crippen LogP contribution in [-0.4, -0.2) is 53.5 Å². The number of carbonyl (C=O) groups excluding carboxylic acids is 1. The zero-order chi connectivity index (χ0) is 22.6. The van der Waals surface area contributed by atoms with Crippen molar-refractivity contribution in [3.63, 3.8) is 0 Å². The van der Waals surface area contributed by atoms with Crippen LogP contribution in [0.2, 0.25) is 0 Å². The van der Waals surface area contributed by atoms with Gasteiger partial charge in [-0.05, 0) is 42.9 Å². The van der Waals surface area contributed by atoms with Crippen molar-refractivity contribution in [2.24, 2.45) is 0 Å². The molecule has 5 fully saturated rings. The Balaban J connectivity index is 1.27. The average molecular weight is 456 g/mol. The van der Waals surface area contributed by atoms with Gasteiger partial charge in [0.25, 0.3) is 0 Å². The van der Waals surface area contributed by atoms with Crippen LogP contribution in [-0.2, 0) is 25.5 Å². The summed E-state index contributed by atoms with van der Waals surface area (Å²) in [4.78, 5) is 15.2. The maximum Gasteiger partial charge on any atom is 0.413 e. The van der Waals surface area contributed by atoms with Gasteiger partial charge in [-0.1, -0.05) is 19.4 Å². The molecule has 0 aromatic heterocycles. The van der Waals surface area contributed by atoms with E-state index < -0.39 is 17.1 Å². The van der Waals surface area contributed by atoms with E-state index in [1.807, 2.05) is 4.90 Å². The second-order valence-corrected chi connectivity index (χ2v) is 11.2. The Labute approximate surface area is 194 Å². The first-order valence-corrected chi connectivity index (χ1v) is 12.6. The number of carbonyl (C=O) groups is 1. The molecule has 178 valence electrons. The van der Waals surface area contributed by atoms with E-state index in [1.54, 1.807) is 7.11 Å². The van der Waals surface area contributed by atoms with E-state index in [0.717, 1.165) is 42.6 Å². The van der Waals surface area contributed by atoms with Crippen LogP contribution in [0.3, 0.4) is 0 Å². The van der Waals surface area contributed by atoms with Crippen LogP contribution in [0.15, 0.2) is 12.1 Å². The molecule has 3 saturated heterocycles. The van der Waals surface area contributed by atoms with Crippen molar-refractivity contribution >= 4 is 6.09 Å². The highest BCUT2D eigenvalue weighted by atomic mass is 16.8. The maximum atomic E-state index is 13.3. The number of hydrogen-bond donors (Lipinski definition) is 0. The fraction of sp³-hybridized carbons (Fsp3) is 0.731. The van der Waals surface area contributed by atoms with Gasteiger partial charge in [-0.3, -0.25) is 4.90 Å². The van der Waals surface area contributed by atoms with Gasteiger partial charge in [-0.15, -0.1) is 0 Å². The summed E-state index contributed by atoms with van der Waals surface area (Å²) in [6, 6.07) is 4.25. The molecule has 1 aromatic rings. The number of nitrogens with zero attached hydrogens (tertiary/aromatic N) is 1. The minimum Gasteiger partial charge on any atom is -0.496 e. The molecule has 0 unspecified atom stereocenters. The molecule has 2 saturated carbocycles. The van der Waals surface area contributed by atoms with Gasteiger partial charge in [0.2, 0.25) is 0 Å². The third-order valence-corrected chi connectivity index (χ3v) is 9.12. The van der Waals surface area contributed by atoms with Gasteiger partial charge in [0, 0.05) is 37.7 Å². The van der Waals surface area contributed by atoms with Crippen molar-refractivity contribution in [1.82, 2.24) is 4.90 Å². The second kappa shape index (κ2) is 6.64. The molecule has 1 aromatic carbocycles. The SMILES string of the molecule is COc1cc(C)cc2c1[C@H](C)C[C@]13O[C@@H]4C[C@]1(C[C@H]1OC5(CCCCC5)O[C@H]14)OC(=O)N3C2. The minimum absolute atomic E-state index is 0.0908. The lowest BCUT2D eigenvalue weighted by atomic mass is 9.74. The number of ether oxygens (including phenoxy) is 5. The molecule has 7 nitrogen and oxygen atoms in total. The van der Waals surface area contributed by atoms with E-state index in [9.17, 15) is 4.79 Å². The zero-order valence-corrected chi connectivity index (χ0v) is 19.7. The molecule has 2 bridgehead atoms. The Bertz CT molecular complexity index is 1020. The summed E-state index contributed by atoms with van der Waals surface area (Å²) in [5, 5.41) is 0. The Morgan fingerprint density at radius 2 is 1.79 bits per heavy atom. The molecule has 0 radical (unpaired) electrons. The molecule has 7 heteroatoms. The van der Waals surface area contributed by atoms with Gasteiger partial charge in [-0.2, -0.15) is 0 Å². The second-order valence-electron chi connectivity index (χ2n) is 11.2. The lowest BCUT2D eigenvalue weighted by Gasteiger charge is -2.41. The Kier molecular flexibility index (Phi) is 4.13. The van der Waals surface area contributed by atoms with Crippen molar-refractivity contribution < 1.29 is 28.5 Å². The van der Waals surface area contributed by atoms with Gasteiger partial charge in [0.1, 0.15) is 11.9 Å². The average Bonchev–Trinajstić information content (AvgIpc) is 3.28. The monoisotopic (exact) mass is 455 g/mol. The Hall–Kier alpha value is -1.83. The summed E-state index contributed by atoms with van der Waals surface area (Å²) in [5.41, 5.74) is 1.91. The maximum absolute atomic E-state index is 13.3. The fourth-order valence-electron chi connectivity index (χ4n) is 7.89. The Morgan fingerprint density at radius 3 is 2.55 bits per heavy atom. The topological polar surface area (TPSA) is 66.5 Å². The first-order valence-electron chi connectivity index (χ1n) is 12.6. The molecule has 1 amide bonds. The summed E-state index contributed by atoms with van der Waals surface area (Å²) in [7, 11) is 1.72. The van der Waals surface area contributed by atoms with Crippen LogP contribution in [0.25, 0.3) is 0 Å². The zero-order valence-electron chi connectivity index (χ0n) is 19.7. The number of fused-ring (bicyclic) bond motifs is 4. The molecule has 2 aliphatic carbocycles. The molecular formula is C26H33NO6. The van der Waals surface area contributed by atoms with Crippen molar-refractivity contribution in [3.05, 3.63) is 28.8 Å². The summed E-state index contributed by atoms with van der Waals surface area (Å²) in [5.74, 6) is 0.574. The third-order valence-electron chi connectivity index (χ3n) is 9.12. The number of benzene rings is 1. The van der Waals surface area contributed by atoms with Crippen LogP contribution >= 0.6 is 0 Å². The molecule has 4 aliphatic heterocycles. The fourth-order valence-corrected chi connectivity index (χ4v) is 7.89. The third kappa shape index (κ3) is 2.59. The smallest absolute Gasteiger partial charge is 0.413 e. The minimum atomic E-state index is -0.803. The molecule has 33 heavy (non-hydrogen) atoms. The van der Waals surface area contributed by atoms with E-state index in [-0.39, 0.29) is 30.3 Å². The van der Waals surface area contributed by atoms with Crippen molar-refractivity contribution in [2.45, 2.75) is 113 Å². The summed E-state index contributed by atoms with van der Waals surface area (Å²) < 4.78 is 32.2. The van der Waals surface area contributed by atoms with Crippen LogP contribution in [0.5, 0.6) is 5.75 Å². The van der Waals surface area contributed by atoms with Crippen LogP contribution < -0.4 is 4.74 Å². The highest BCUT2D eigenvalue weighted by molar-refractivity contribution is 5.74. The molecule has 7 rings (SSSR count). The summed E-state index contributed by atoms with van der Waals surface area (Å²) in [6.45, 7) is 4.74. The molecule has 6 atom stereocenters. The van der Waals surface area contributed by atoms with Crippen molar-refractivity contribution in [1.29, 1.82) is 0 Å². The van der Waals surface area contributed by atoms with Gasteiger partial charge in [-0.25, -0.2) is 4.79 Å². The van der Waals surface area contributed by atoms with Gasteiger partial charge < -0.3 is 23.7 Å². The quantitative estimate of drug-likeness (QED) is 0.620. The molecule has 4 heterocycles. The van der Waals surface area contributed by atoms with E-state index in [4.69, 9.17) is 23.7 Å². The predicted molar refractivity (Wildman–Crippen MR) is 118 cm³/mol. The summed E-state index contributed by atoms with van der Waals surface area (Å²) >= 11 is 0. The number of amides is 1. The van der Waals surface area contributed by atoms with Gasteiger partial charge >= 0.3 is 6.09 Å². The number of methoxy groups -OCH3 is 1. The lowest BCUT2D eigenvalue weighted by Crippen LogP contribution is -2.57. The van der Waals surface area contributed by atoms with Gasteiger partial charge in [0.05, 0.1) is 25.9 Å². The standard InChI is InChI=1S/C26H33NO6/c1-15-9-17-14-27-23(28)33-24-12-19-22(32-25(30-19)7-5-4-6-8-25)20(13-24)31-26(24,27)11-16(2)21(17)18(10-15)29-3/h9-10,16,19-20,22H,4-8,11-14H2,1-3H3/t16-,19-,20-,22-,24+,26+/m1/s1. The van der Waals surface area contributed by atoms with E-state index in [2.05, 4.69) is 26.0 Å². The molecular weight excluding hydrogens is 422 g/mol. The highest BCUT2D eigenvalue weighted by Crippen LogP contribution is 2.63. The predicted octanol–water partition coefficient (Wildman–Crippen LogP) is 4.54. The first kappa shape index (κ1) is 20.5. The molecule has 6 aliphatic rings. The normalized spacial score (nSPS) is 42.3. The van der Waals surface area contributed by atoms with Crippen molar-refractivity contribution in [2.75, 3.05) is 7.11 Å². The number of rotatable bonds is 1. The van der Waals surface area contributed by atoms with E-state index in [1.165, 1.54) is 12.0 Å². The van der Waals surface area contributed by atoms with E-state index in [0.29, 0.717) is 25.8 Å². The number of hydrogen-bond acceptors (Lipinski definition) is 6. The Morgan fingerprint density at radius 1 is 1.03 bits per heavy atom. The van der Waals surface area contributed by atoms with Crippen molar-refractivity contribution in [3.8, 4) is 5.75 Å². The molecule has 0 N–H and O–H groups in total. The van der Waals surface area contributed by atoms with Crippen LogP contribution in [0.1, 0.15) is 80.9 Å². The van der Waals surface area contributed by atoms with Crippen LogP contribution in [0, 0.1) is 6.92 Å². The van der Waals surface area contributed by atoms with Crippen LogP contribution in [0.4, 0.5) is 4.79 Å². The highest BCUT2D eigenvalue weighted by Gasteiger charge is 2.77. The number of aryl methyl sites for hydroxylation is 1. The largest absolute Gasteiger partial charge is 0.496 e. The van der Waals surface area contributed by atoms with Gasteiger partial charge in [0.15, 0.2) is 17.1 Å². The first-order chi connectivity index (χ1) is 15.9.